The highest BCUT2D eigenvalue weighted by Gasteiger charge is 2.63. The lowest BCUT2D eigenvalue weighted by molar-refractivity contribution is -0.143. The Morgan fingerprint density at radius 2 is 1.85 bits per heavy atom. The number of allylic oxidation sites excluding steroid dienone is 2. The molecule has 27 heavy (non-hydrogen) atoms. The van der Waals surface area contributed by atoms with E-state index in [1.807, 2.05) is 0 Å². The highest BCUT2D eigenvalue weighted by molar-refractivity contribution is 6.24. The van der Waals surface area contributed by atoms with Crippen LogP contribution < -0.4 is 0 Å². The van der Waals surface area contributed by atoms with Crippen molar-refractivity contribution >= 4 is 15.5 Å². The fourth-order valence-electron chi connectivity index (χ4n) is 8.13. The van der Waals surface area contributed by atoms with Crippen molar-refractivity contribution in [3.05, 3.63) is 11.6 Å². The summed E-state index contributed by atoms with van der Waals surface area (Å²) in [5.41, 5.74) is 0.313. The van der Waals surface area contributed by atoms with Crippen LogP contribution in [0.4, 0.5) is 0 Å². The summed E-state index contributed by atoms with van der Waals surface area (Å²) in [7, 11) is -0.371. The number of fused-ring (bicyclic) bond motifs is 5. The van der Waals surface area contributed by atoms with Gasteiger partial charge in [-0.1, -0.05) is 40.3 Å². The molecule has 4 heteroatoms. The predicted molar refractivity (Wildman–Crippen MR) is 110 cm³/mol. The normalized spacial score (nSPS) is 48.5. The molecule has 3 saturated carbocycles. The van der Waals surface area contributed by atoms with Crippen molar-refractivity contribution < 1.29 is 9.22 Å². The molecule has 0 aliphatic heterocycles. The van der Waals surface area contributed by atoms with Crippen molar-refractivity contribution in [2.75, 3.05) is 0 Å². The molecule has 0 bridgehead atoms. The number of hydrogen-bond donors (Lipinski definition) is 0. The van der Waals surface area contributed by atoms with Crippen LogP contribution in [0.25, 0.3) is 0 Å². The summed E-state index contributed by atoms with van der Waals surface area (Å²) in [5, 5.41) is 9.63. The molecular weight excluding hydrogens is 350 g/mol. The molecule has 0 aromatic rings. The second-order valence-corrected chi connectivity index (χ2v) is 11.6. The van der Waals surface area contributed by atoms with E-state index in [1.54, 1.807) is 0 Å². The Kier molecular flexibility index (Phi) is 4.52. The molecule has 3 fully saturated rings. The van der Waals surface area contributed by atoms with E-state index >= 15 is 0 Å². The van der Waals surface area contributed by atoms with Gasteiger partial charge >= 0.3 is 0 Å². The summed E-state index contributed by atoms with van der Waals surface area (Å²) in [6.07, 6.45) is 9.93. The molecule has 4 aliphatic rings. The molecule has 0 N–H and O–H groups in total. The molecule has 0 aromatic carbocycles. The number of nitrogens with zero attached hydrogens (tertiary/aromatic N) is 1. The number of ketones is 1. The van der Waals surface area contributed by atoms with Crippen LogP contribution >= 0.6 is 0 Å². The Labute approximate surface area is 166 Å². The van der Waals surface area contributed by atoms with Crippen LogP contribution in [0.5, 0.6) is 0 Å². The molecule has 0 heterocycles. The second kappa shape index (κ2) is 6.29. The van der Waals surface area contributed by atoms with Gasteiger partial charge in [-0.2, -0.15) is 5.26 Å². The van der Waals surface area contributed by atoms with Crippen LogP contribution in [0.2, 0.25) is 6.55 Å². The number of carbonyl (C=O) groups is 1. The summed E-state index contributed by atoms with van der Waals surface area (Å²) in [5.74, 6) is 2.49. The minimum absolute atomic E-state index is 0.0226. The van der Waals surface area contributed by atoms with Crippen molar-refractivity contribution in [3.8, 4) is 6.07 Å². The van der Waals surface area contributed by atoms with Crippen LogP contribution in [-0.2, 0) is 9.22 Å². The topological polar surface area (TPSA) is 50.1 Å². The Hall–Kier alpha value is -0.923. The third-order valence-corrected chi connectivity index (χ3v) is 10.1. The number of Topliss-reactive ketones (excluding diaryl/α,β-unsaturated/α-hetero) is 1. The van der Waals surface area contributed by atoms with Gasteiger partial charge in [0, 0.05) is 11.5 Å². The Bertz CT molecular complexity index is 722. The monoisotopic (exact) mass is 385 g/mol. The van der Waals surface area contributed by atoms with Gasteiger partial charge in [0.2, 0.25) is 0 Å². The van der Waals surface area contributed by atoms with Gasteiger partial charge in [-0.05, 0) is 73.0 Å². The molecule has 0 saturated heterocycles. The van der Waals surface area contributed by atoms with Gasteiger partial charge in [-0.25, -0.2) is 0 Å². The van der Waals surface area contributed by atoms with Crippen LogP contribution in [-0.4, -0.2) is 21.7 Å². The van der Waals surface area contributed by atoms with E-state index in [1.165, 1.54) is 32.1 Å². The maximum atomic E-state index is 12.9. The van der Waals surface area contributed by atoms with Crippen molar-refractivity contribution in [3.63, 3.8) is 0 Å². The lowest BCUT2D eigenvalue weighted by Gasteiger charge is -2.61. The zero-order valence-corrected chi connectivity index (χ0v) is 19.1. The Balaban J connectivity index is 1.72. The Morgan fingerprint density at radius 3 is 2.52 bits per heavy atom. The molecule has 148 valence electrons. The quantitative estimate of drug-likeness (QED) is 0.661. The van der Waals surface area contributed by atoms with Gasteiger partial charge in [0.15, 0.2) is 15.5 Å². The lowest BCUT2D eigenvalue weighted by Crippen LogP contribution is -2.57. The van der Waals surface area contributed by atoms with Gasteiger partial charge in [0.05, 0.1) is 5.57 Å². The first-order chi connectivity index (χ1) is 12.7. The van der Waals surface area contributed by atoms with Crippen molar-refractivity contribution in [2.45, 2.75) is 78.9 Å². The van der Waals surface area contributed by atoms with Crippen LogP contribution in [0, 0.1) is 51.2 Å². The van der Waals surface area contributed by atoms with Crippen molar-refractivity contribution in [1.29, 1.82) is 5.26 Å². The van der Waals surface area contributed by atoms with Crippen molar-refractivity contribution in [1.82, 2.24) is 0 Å². The Morgan fingerprint density at radius 1 is 1.11 bits per heavy atom. The standard InChI is InChI=1S/C23H35NO2Si/c1-21(2)18-8-6-15-16-7-9-19(26-27-5)22(16,3)11-10-17(15)23(18,4)12-14(13-24)20(21)25/h12,15-19H,6-11,27H2,1-5H3/t15?,16?,17?,18?,19?,22-,23+/m0/s1. The zero-order valence-electron chi connectivity index (χ0n) is 17.7. The fourth-order valence-corrected chi connectivity index (χ4v) is 9.08. The van der Waals surface area contributed by atoms with Crippen molar-refractivity contribution in [2.24, 2.45) is 39.9 Å². The summed E-state index contributed by atoms with van der Waals surface area (Å²) >= 11 is 0. The third-order valence-electron chi connectivity index (χ3n) is 9.33. The SMILES string of the molecule is C[SiH2]OC1CCC2C3CCC4C(C)(C)C(=O)C(C#N)=C[C@]4(C)C3CC[C@]12C. The van der Waals surface area contributed by atoms with Gasteiger partial charge in [0.1, 0.15) is 6.07 Å². The van der Waals surface area contributed by atoms with E-state index < -0.39 is 5.41 Å². The van der Waals surface area contributed by atoms with E-state index in [0.29, 0.717) is 28.9 Å². The van der Waals surface area contributed by atoms with E-state index in [9.17, 15) is 10.1 Å². The molecule has 0 amide bonds. The second-order valence-electron chi connectivity index (χ2n) is 10.7. The highest BCUT2D eigenvalue weighted by atomic mass is 28.2. The number of hydrogen-bond acceptors (Lipinski definition) is 3. The minimum Gasteiger partial charge on any atom is -0.421 e. The summed E-state index contributed by atoms with van der Waals surface area (Å²) in [4.78, 5) is 12.9. The number of rotatable bonds is 2. The first-order valence-electron chi connectivity index (χ1n) is 11.0. The number of nitriles is 1. The van der Waals surface area contributed by atoms with Gasteiger partial charge in [-0.15, -0.1) is 0 Å². The highest BCUT2D eigenvalue weighted by Crippen LogP contribution is 2.67. The number of carbonyl (C=O) groups excluding carboxylic acids is 1. The molecule has 7 atom stereocenters. The van der Waals surface area contributed by atoms with Gasteiger partial charge in [-0.3, -0.25) is 4.79 Å². The molecule has 4 aliphatic carbocycles. The maximum Gasteiger partial charge on any atom is 0.178 e. The largest absolute Gasteiger partial charge is 0.421 e. The first kappa shape index (κ1) is 19.4. The average Bonchev–Trinajstić information content (AvgIpc) is 2.95. The van der Waals surface area contributed by atoms with Crippen LogP contribution in [0.15, 0.2) is 11.6 Å². The molecule has 0 radical (unpaired) electrons. The zero-order chi connectivity index (χ0) is 19.6. The molecule has 3 nitrogen and oxygen atoms in total. The summed E-state index contributed by atoms with van der Waals surface area (Å²) in [6, 6.07) is 2.24. The molecule has 0 spiro atoms. The minimum atomic E-state index is -0.421. The average molecular weight is 386 g/mol. The molecule has 5 unspecified atom stereocenters. The molecule has 0 aromatic heterocycles. The molecular formula is C23H35NO2Si. The third kappa shape index (κ3) is 2.50. The predicted octanol–water partition coefficient (Wildman–Crippen LogP) is 4.42. The van der Waals surface area contributed by atoms with Gasteiger partial charge in [0.25, 0.3) is 0 Å². The molecule has 4 rings (SSSR count). The maximum absolute atomic E-state index is 12.9. The van der Waals surface area contributed by atoms with Gasteiger partial charge < -0.3 is 4.43 Å². The van der Waals surface area contributed by atoms with Crippen LogP contribution in [0.3, 0.4) is 0 Å². The fraction of sp³-hybridized carbons (Fsp3) is 0.826. The smallest absolute Gasteiger partial charge is 0.178 e. The van der Waals surface area contributed by atoms with Crippen LogP contribution in [0.1, 0.15) is 66.2 Å². The van der Waals surface area contributed by atoms with E-state index in [4.69, 9.17) is 4.43 Å². The summed E-state index contributed by atoms with van der Waals surface area (Å²) < 4.78 is 6.31. The first-order valence-corrected chi connectivity index (χ1v) is 13.0. The lowest BCUT2D eigenvalue weighted by atomic mass is 9.42. The van der Waals surface area contributed by atoms with E-state index in [2.05, 4.69) is 46.4 Å². The van der Waals surface area contributed by atoms with E-state index in [0.717, 1.165) is 18.3 Å². The van der Waals surface area contributed by atoms with E-state index in [-0.39, 0.29) is 21.0 Å². The summed E-state index contributed by atoms with van der Waals surface area (Å²) in [6.45, 7) is 11.3.